The third kappa shape index (κ3) is 3.25. The Balaban J connectivity index is 2.01. The van der Waals surface area contributed by atoms with Crippen LogP contribution in [0.25, 0.3) is 0 Å². The van der Waals surface area contributed by atoms with E-state index in [1.165, 1.54) is 0 Å². The van der Waals surface area contributed by atoms with Crippen molar-refractivity contribution < 1.29 is 4.74 Å². The molecule has 0 spiro atoms. The zero-order valence-corrected chi connectivity index (χ0v) is 9.92. The molecule has 2 heterocycles. The first kappa shape index (κ1) is 11.5. The molecule has 6 nitrogen and oxygen atoms in total. The molecule has 0 fully saturated rings. The molecule has 0 radical (unpaired) electrons. The van der Waals surface area contributed by atoms with E-state index < -0.39 is 0 Å². The van der Waals surface area contributed by atoms with Gasteiger partial charge in [-0.05, 0) is 13.0 Å². The monoisotopic (exact) mass is 233 g/mol. The van der Waals surface area contributed by atoms with E-state index in [1.807, 2.05) is 23.9 Å². The summed E-state index contributed by atoms with van der Waals surface area (Å²) in [4.78, 5) is 8.29. The third-order valence-corrected chi connectivity index (χ3v) is 2.21. The number of hydrogen-bond donors (Lipinski definition) is 1. The zero-order chi connectivity index (χ0) is 12.1. The summed E-state index contributed by atoms with van der Waals surface area (Å²) in [6.45, 7) is 3.24. The molecule has 1 N–H and O–H groups in total. The maximum Gasteiger partial charge on any atom is 0.134 e. The van der Waals surface area contributed by atoms with Crippen LogP contribution in [0.2, 0.25) is 0 Å². The number of ether oxygens (including phenoxy) is 1. The minimum absolute atomic E-state index is 0.647. The molecule has 17 heavy (non-hydrogen) atoms. The van der Waals surface area contributed by atoms with Crippen molar-refractivity contribution in [2.75, 3.05) is 19.0 Å². The number of hydrogen-bond acceptors (Lipinski definition) is 5. The lowest BCUT2D eigenvalue weighted by molar-refractivity contribution is 0.183. The van der Waals surface area contributed by atoms with E-state index in [0.29, 0.717) is 6.61 Å². The second-order valence-corrected chi connectivity index (χ2v) is 3.60. The minimum atomic E-state index is 0.647. The molecule has 2 rings (SSSR count). The second-order valence-electron chi connectivity index (χ2n) is 3.60. The highest BCUT2D eigenvalue weighted by molar-refractivity contribution is 5.53. The first-order valence-electron chi connectivity index (χ1n) is 5.36. The molecule has 0 saturated carbocycles. The van der Waals surface area contributed by atoms with E-state index in [1.54, 1.807) is 19.5 Å². The van der Waals surface area contributed by atoms with Crippen LogP contribution in [-0.2, 0) is 11.3 Å². The molecule has 6 heteroatoms. The van der Waals surface area contributed by atoms with Crippen molar-refractivity contribution in [3.63, 3.8) is 0 Å². The van der Waals surface area contributed by atoms with Crippen LogP contribution >= 0.6 is 0 Å². The largest absolute Gasteiger partial charge is 0.383 e. The van der Waals surface area contributed by atoms with Crippen molar-refractivity contribution in [1.82, 2.24) is 19.7 Å². The highest BCUT2D eigenvalue weighted by Gasteiger charge is 2.00. The van der Waals surface area contributed by atoms with Gasteiger partial charge in [0.1, 0.15) is 11.6 Å². The molecule has 0 amide bonds. The SMILES string of the molecule is COCCn1cc(Nc2ccnc(C)n2)cn1. The van der Waals surface area contributed by atoms with Crippen LogP contribution < -0.4 is 5.32 Å². The van der Waals surface area contributed by atoms with Crippen molar-refractivity contribution >= 4 is 11.5 Å². The average Bonchev–Trinajstić information content (AvgIpc) is 2.74. The fraction of sp³-hybridized carbons (Fsp3) is 0.364. The van der Waals surface area contributed by atoms with E-state index in [-0.39, 0.29) is 0 Å². The summed E-state index contributed by atoms with van der Waals surface area (Å²) >= 11 is 0. The predicted octanol–water partition coefficient (Wildman–Crippen LogP) is 1.37. The van der Waals surface area contributed by atoms with Crippen LogP contribution in [-0.4, -0.2) is 33.5 Å². The molecular weight excluding hydrogens is 218 g/mol. The second kappa shape index (κ2) is 5.40. The molecule has 0 bridgehead atoms. The van der Waals surface area contributed by atoms with Gasteiger partial charge in [-0.25, -0.2) is 9.97 Å². The molecule has 0 saturated heterocycles. The van der Waals surface area contributed by atoms with Gasteiger partial charge in [0, 0.05) is 19.5 Å². The molecule has 0 aliphatic carbocycles. The molecule has 0 aromatic carbocycles. The Morgan fingerprint density at radius 2 is 2.35 bits per heavy atom. The van der Waals surface area contributed by atoms with E-state index in [9.17, 15) is 0 Å². The van der Waals surface area contributed by atoms with Crippen molar-refractivity contribution in [2.45, 2.75) is 13.5 Å². The Labute approximate surface area is 99.7 Å². The normalized spacial score (nSPS) is 10.5. The number of nitrogens with one attached hydrogen (secondary N) is 1. The van der Waals surface area contributed by atoms with Crippen molar-refractivity contribution in [2.24, 2.45) is 0 Å². The van der Waals surface area contributed by atoms with Gasteiger partial charge in [-0.1, -0.05) is 0 Å². The summed E-state index contributed by atoms with van der Waals surface area (Å²) in [5.74, 6) is 1.51. The Kier molecular flexibility index (Phi) is 3.66. The van der Waals surface area contributed by atoms with Gasteiger partial charge in [0.15, 0.2) is 0 Å². The predicted molar refractivity (Wildman–Crippen MR) is 64.2 cm³/mol. The van der Waals surface area contributed by atoms with Crippen molar-refractivity contribution in [1.29, 1.82) is 0 Å². The topological polar surface area (TPSA) is 64.9 Å². The van der Waals surface area contributed by atoms with Crippen LogP contribution in [0.3, 0.4) is 0 Å². The minimum Gasteiger partial charge on any atom is -0.383 e. The smallest absolute Gasteiger partial charge is 0.134 e. The van der Waals surface area contributed by atoms with Crippen LogP contribution in [0.5, 0.6) is 0 Å². The molecular formula is C11H15N5O. The van der Waals surface area contributed by atoms with E-state index >= 15 is 0 Å². The first-order chi connectivity index (χ1) is 8.28. The van der Waals surface area contributed by atoms with Crippen LogP contribution in [0, 0.1) is 6.92 Å². The molecule has 0 unspecified atom stereocenters. The summed E-state index contributed by atoms with van der Waals surface area (Å²) < 4.78 is 6.81. The molecule has 2 aromatic rings. The number of anilines is 2. The molecule has 0 atom stereocenters. The fourth-order valence-corrected chi connectivity index (χ4v) is 1.41. The van der Waals surface area contributed by atoms with Gasteiger partial charge in [0.05, 0.1) is 25.0 Å². The molecule has 0 aliphatic rings. The number of aryl methyl sites for hydroxylation is 1. The van der Waals surface area contributed by atoms with Gasteiger partial charge in [0.25, 0.3) is 0 Å². The molecule has 0 aliphatic heterocycles. The Morgan fingerprint density at radius 3 is 3.12 bits per heavy atom. The van der Waals surface area contributed by atoms with Crippen LogP contribution in [0.1, 0.15) is 5.82 Å². The van der Waals surface area contributed by atoms with Crippen LogP contribution in [0.15, 0.2) is 24.7 Å². The van der Waals surface area contributed by atoms with Gasteiger partial charge >= 0.3 is 0 Å². The maximum absolute atomic E-state index is 4.99. The zero-order valence-electron chi connectivity index (χ0n) is 9.92. The number of methoxy groups -OCH3 is 1. The summed E-state index contributed by atoms with van der Waals surface area (Å²) in [6, 6.07) is 1.82. The lowest BCUT2D eigenvalue weighted by atomic mass is 10.5. The summed E-state index contributed by atoms with van der Waals surface area (Å²) in [6.07, 6.45) is 5.39. The summed E-state index contributed by atoms with van der Waals surface area (Å²) in [7, 11) is 1.67. The Morgan fingerprint density at radius 1 is 1.47 bits per heavy atom. The Bertz CT molecular complexity index is 482. The fourth-order valence-electron chi connectivity index (χ4n) is 1.41. The average molecular weight is 233 g/mol. The number of nitrogens with zero attached hydrogens (tertiary/aromatic N) is 4. The highest BCUT2D eigenvalue weighted by Crippen LogP contribution is 2.12. The number of rotatable bonds is 5. The van der Waals surface area contributed by atoms with Gasteiger partial charge in [-0.15, -0.1) is 0 Å². The number of aromatic nitrogens is 4. The first-order valence-corrected chi connectivity index (χ1v) is 5.36. The quantitative estimate of drug-likeness (QED) is 0.845. The van der Waals surface area contributed by atoms with Gasteiger partial charge < -0.3 is 10.1 Å². The summed E-state index contributed by atoms with van der Waals surface area (Å²) in [5, 5.41) is 7.37. The van der Waals surface area contributed by atoms with Crippen molar-refractivity contribution in [3.05, 3.63) is 30.5 Å². The standard InChI is InChI=1S/C11H15N5O/c1-9-12-4-3-11(14-9)15-10-7-13-16(8-10)5-6-17-2/h3-4,7-8H,5-6H2,1-2H3,(H,12,14,15). The van der Waals surface area contributed by atoms with Gasteiger partial charge in [0.2, 0.25) is 0 Å². The summed E-state index contributed by atoms with van der Waals surface area (Å²) in [5.41, 5.74) is 0.902. The van der Waals surface area contributed by atoms with E-state index in [0.717, 1.165) is 23.9 Å². The van der Waals surface area contributed by atoms with Gasteiger partial charge in [-0.3, -0.25) is 4.68 Å². The van der Waals surface area contributed by atoms with Crippen LogP contribution in [0.4, 0.5) is 11.5 Å². The van der Waals surface area contributed by atoms with Gasteiger partial charge in [-0.2, -0.15) is 5.10 Å². The lowest BCUT2D eigenvalue weighted by Gasteiger charge is -2.02. The highest BCUT2D eigenvalue weighted by atomic mass is 16.5. The van der Waals surface area contributed by atoms with E-state index in [4.69, 9.17) is 4.74 Å². The lowest BCUT2D eigenvalue weighted by Crippen LogP contribution is -2.04. The molecule has 2 aromatic heterocycles. The maximum atomic E-state index is 4.99. The van der Waals surface area contributed by atoms with E-state index in [2.05, 4.69) is 20.4 Å². The van der Waals surface area contributed by atoms with Crippen molar-refractivity contribution in [3.8, 4) is 0 Å². The third-order valence-electron chi connectivity index (χ3n) is 2.21. The Hall–Kier alpha value is -1.95. The molecule has 90 valence electrons.